The second-order valence-corrected chi connectivity index (χ2v) is 3.41. The van der Waals surface area contributed by atoms with E-state index >= 15 is 0 Å². The molecule has 1 saturated heterocycles. The average Bonchev–Trinajstić information content (AvgIpc) is 2.54. The van der Waals surface area contributed by atoms with Crippen molar-refractivity contribution >= 4 is 5.82 Å². The van der Waals surface area contributed by atoms with Crippen molar-refractivity contribution in [2.45, 2.75) is 13.3 Å². The van der Waals surface area contributed by atoms with Gasteiger partial charge < -0.3 is 4.90 Å². The Labute approximate surface area is 72.4 Å². The summed E-state index contributed by atoms with van der Waals surface area (Å²) in [6, 6.07) is 1.97. The second kappa shape index (κ2) is 3.09. The summed E-state index contributed by atoms with van der Waals surface area (Å²) in [6.07, 6.45) is 4.69. The minimum Gasteiger partial charge on any atom is -0.356 e. The first-order valence-corrected chi connectivity index (χ1v) is 4.37. The van der Waals surface area contributed by atoms with E-state index in [2.05, 4.69) is 21.8 Å². The van der Waals surface area contributed by atoms with Gasteiger partial charge in [-0.15, -0.1) is 0 Å². The topological polar surface area (TPSA) is 29.0 Å². The van der Waals surface area contributed by atoms with Crippen LogP contribution < -0.4 is 4.90 Å². The molecule has 1 fully saturated rings. The number of hydrogen-bond acceptors (Lipinski definition) is 3. The molecule has 0 amide bonds. The van der Waals surface area contributed by atoms with Crippen molar-refractivity contribution in [3.63, 3.8) is 0 Å². The van der Waals surface area contributed by atoms with Gasteiger partial charge in [0, 0.05) is 19.3 Å². The normalized spacial score (nSPS) is 23.1. The highest BCUT2D eigenvalue weighted by molar-refractivity contribution is 5.37. The number of hydrogen-bond donors (Lipinski definition) is 0. The van der Waals surface area contributed by atoms with Crippen LogP contribution in [0.3, 0.4) is 0 Å². The quantitative estimate of drug-likeness (QED) is 0.625. The highest BCUT2D eigenvalue weighted by Gasteiger charge is 2.19. The Morgan fingerprint density at radius 3 is 3.08 bits per heavy atom. The SMILES string of the molecule is CC1CCN(c2ccncn2)C1. The van der Waals surface area contributed by atoms with Crippen LogP contribution in [-0.2, 0) is 0 Å². The van der Waals surface area contributed by atoms with Gasteiger partial charge in [-0.2, -0.15) is 0 Å². The summed E-state index contributed by atoms with van der Waals surface area (Å²) in [4.78, 5) is 10.4. The molecule has 0 aromatic carbocycles. The van der Waals surface area contributed by atoms with Crippen LogP contribution in [0, 0.1) is 5.92 Å². The molecule has 0 saturated carbocycles. The Bertz CT molecular complexity index is 247. The van der Waals surface area contributed by atoms with Crippen molar-refractivity contribution in [3.05, 3.63) is 18.6 Å². The molecular weight excluding hydrogens is 150 g/mol. The molecule has 1 aromatic rings. The lowest BCUT2D eigenvalue weighted by atomic mass is 10.2. The van der Waals surface area contributed by atoms with Crippen LogP contribution in [0.1, 0.15) is 13.3 Å². The van der Waals surface area contributed by atoms with Crippen molar-refractivity contribution in [2.75, 3.05) is 18.0 Å². The maximum Gasteiger partial charge on any atom is 0.131 e. The molecule has 1 aromatic heterocycles. The fraction of sp³-hybridized carbons (Fsp3) is 0.556. The zero-order chi connectivity index (χ0) is 8.39. The summed E-state index contributed by atoms with van der Waals surface area (Å²) in [7, 11) is 0. The highest BCUT2D eigenvalue weighted by Crippen LogP contribution is 2.20. The Morgan fingerprint density at radius 1 is 1.58 bits per heavy atom. The molecule has 1 unspecified atom stereocenters. The van der Waals surface area contributed by atoms with Gasteiger partial charge in [0.1, 0.15) is 12.1 Å². The average molecular weight is 163 g/mol. The monoisotopic (exact) mass is 163 g/mol. The lowest BCUT2D eigenvalue weighted by molar-refractivity contribution is 0.659. The smallest absolute Gasteiger partial charge is 0.131 e. The van der Waals surface area contributed by atoms with Gasteiger partial charge >= 0.3 is 0 Å². The summed E-state index contributed by atoms with van der Waals surface area (Å²) >= 11 is 0. The van der Waals surface area contributed by atoms with Crippen LogP contribution in [0.5, 0.6) is 0 Å². The van der Waals surface area contributed by atoms with E-state index < -0.39 is 0 Å². The highest BCUT2D eigenvalue weighted by atomic mass is 15.2. The van der Waals surface area contributed by atoms with E-state index in [4.69, 9.17) is 0 Å². The van der Waals surface area contributed by atoms with E-state index in [0.29, 0.717) is 0 Å². The molecule has 1 aliphatic rings. The van der Waals surface area contributed by atoms with Crippen LogP contribution in [0.4, 0.5) is 5.82 Å². The molecule has 12 heavy (non-hydrogen) atoms. The van der Waals surface area contributed by atoms with E-state index in [0.717, 1.165) is 24.8 Å². The Morgan fingerprint density at radius 2 is 2.50 bits per heavy atom. The lowest BCUT2D eigenvalue weighted by Crippen LogP contribution is -2.19. The van der Waals surface area contributed by atoms with E-state index in [9.17, 15) is 0 Å². The van der Waals surface area contributed by atoms with E-state index in [1.807, 2.05) is 6.07 Å². The zero-order valence-corrected chi connectivity index (χ0v) is 7.27. The van der Waals surface area contributed by atoms with Crippen molar-refractivity contribution in [1.29, 1.82) is 0 Å². The predicted octanol–water partition coefficient (Wildman–Crippen LogP) is 1.32. The van der Waals surface area contributed by atoms with Gasteiger partial charge in [-0.1, -0.05) is 6.92 Å². The summed E-state index contributed by atoms with van der Waals surface area (Å²) < 4.78 is 0. The number of aromatic nitrogens is 2. The summed E-state index contributed by atoms with van der Waals surface area (Å²) in [6.45, 7) is 4.55. The van der Waals surface area contributed by atoms with Gasteiger partial charge in [0.15, 0.2) is 0 Å². The molecule has 64 valence electrons. The molecule has 1 aliphatic heterocycles. The molecule has 1 atom stereocenters. The minimum atomic E-state index is 0.806. The third kappa shape index (κ3) is 1.40. The van der Waals surface area contributed by atoms with Gasteiger partial charge in [-0.05, 0) is 18.4 Å². The maximum absolute atomic E-state index is 4.21. The molecule has 2 rings (SSSR count). The van der Waals surface area contributed by atoms with Gasteiger partial charge in [-0.25, -0.2) is 9.97 Å². The minimum absolute atomic E-state index is 0.806. The van der Waals surface area contributed by atoms with Crippen molar-refractivity contribution in [3.8, 4) is 0 Å². The van der Waals surface area contributed by atoms with E-state index in [-0.39, 0.29) is 0 Å². The molecule has 0 bridgehead atoms. The Kier molecular flexibility index (Phi) is 1.94. The van der Waals surface area contributed by atoms with Gasteiger partial charge in [0.25, 0.3) is 0 Å². The zero-order valence-electron chi connectivity index (χ0n) is 7.27. The van der Waals surface area contributed by atoms with Crippen LogP contribution in [0.2, 0.25) is 0 Å². The number of rotatable bonds is 1. The van der Waals surface area contributed by atoms with Crippen molar-refractivity contribution < 1.29 is 0 Å². The van der Waals surface area contributed by atoms with Crippen molar-refractivity contribution in [2.24, 2.45) is 5.92 Å². The van der Waals surface area contributed by atoms with Crippen LogP contribution in [-0.4, -0.2) is 23.1 Å². The van der Waals surface area contributed by atoms with Gasteiger partial charge in [0.2, 0.25) is 0 Å². The van der Waals surface area contributed by atoms with E-state index in [1.54, 1.807) is 12.5 Å². The standard InChI is InChI=1S/C9H13N3/c1-8-3-5-12(6-8)9-2-4-10-7-11-9/h2,4,7-8H,3,5-6H2,1H3. The number of nitrogens with zero attached hydrogens (tertiary/aromatic N) is 3. The van der Waals surface area contributed by atoms with Gasteiger partial charge in [0.05, 0.1) is 0 Å². The van der Waals surface area contributed by atoms with Crippen LogP contribution in [0.25, 0.3) is 0 Å². The lowest BCUT2D eigenvalue weighted by Gasteiger charge is -2.15. The van der Waals surface area contributed by atoms with Crippen LogP contribution in [0.15, 0.2) is 18.6 Å². The summed E-state index contributed by atoms with van der Waals surface area (Å²) in [5.74, 6) is 1.87. The Hall–Kier alpha value is -1.12. The molecule has 0 radical (unpaired) electrons. The molecule has 2 heterocycles. The third-order valence-corrected chi connectivity index (χ3v) is 2.31. The fourth-order valence-electron chi connectivity index (χ4n) is 1.61. The summed E-state index contributed by atoms with van der Waals surface area (Å²) in [5.41, 5.74) is 0. The fourth-order valence-corrected chi connectivity index (χ4v) is 1.61. The molecule has 0 aliphatic carbocycles. The molecule has 3 heteroatoms. The molecule has 3 nitrogen and oxygen atoms in total. The third-order valence-electron chi connectivity index (χ3n) is 2.31. The van der Waals surface area contributed by atoms with E-state index in [1.165, 1.54) is 6.42 Å². The number of anilines is 1. The maximum atomic E-state index is 4.21. The van der Waals surface area contributed by atoms with Crippen molar-refractivity contribution in [1.82, 2.24) is 9.97 Å². The first kappa shape index (κ1) is 7.53. The molecule has 0 N–H and O–H groups in total. The predicted molar refractivity (Wildman–Crippen MR) is 48.0 cm³/mol. The molecular formula is C9H13N3. The van der Waals surface area contributed by atoms with Crippen LogP contribution >= 0.6 is 0 Å². The Balaban J connectivity index is 2.11. The van der Waals surface area contributed by atoms with Gasteiger partial charge in [-0.3, -0.25) is 0 Å². The second-order valence-electron chi connectivity index (χ2n) is 3.41. The summed E-state index contributed by atoms with van der Waals surface area (Å²) in [5, 5.41) is 0. The molecule has 0 spiro atoms. The largest absolute Gasteiger partial charge is 0.356 e. The first-order chi connectivity index (χ1) is 5.86. The first-order valence-electron chi connectivity index (χ1n) is 4.37.